The smallest absolute Gasteiger partial charge is 0.196 e. The molecule has 1 atom stereocenters. The highest BCUT2D eigenvalue weighted by molar-refractivity contribution is 7.99. The summed E-state index contributed by atoms with van der Waals surface area (Å²) in [5.74, 6) is 1.92. The lowest BCUT2D eigenvalue weighted by Gasteiger charge is -2.14. The highest BCUT2D eigenvalue weighted by Crippen LogP contribution is 2.29. The Bertz CT molecular complexity index is 1090. The number of rotatable bonds is 8. The average Bonchev–Trinajstić information content (AvgIpc) is 3.21. The van der Waals surface area contributed by atoms with Crippen LogP contribution in [0.2, 0.25) is 0 Å². The van der Waals surface area contributed by atoms with Crippen molar-refractivity contribution in [2.45, 2.75) is 18.2 Å². The number of hydrogen-bond donors (Lipinski definition) is 1. The van der Waals surface area contributed by atoms with Gasteiger partial charge in [0, 0.05) is 23.7 Å². The van der Waals surface area contributed by atoms with E-state index in [1.165, 1.54) is 11.8 Å². The highest BCUT2D eigenvalue weighted by atomic mass is 32.2. The Balaban J connectivity index is 1.54. The summed E-state index contributed by atoms with van der Waals surface area (Å²) in [4.78, 5) is 4.09. The van der Waals surface area contributed by atoms with Crippen molar-refractivity contribution in [3.05, 3.63) is 84.7 Å². The number of para-hydroxylation sites is 2. The Morgan fingerprint density at radius 3 is 2.47 bits per heavy atom. The third-order valence-electron chi connectivity index (χ3n) is 4.52. The number of pyridine rings is 1. The van der Waals surface area contributed by atoms with Crippen LogP contribution in [0.1, 0.15) is 5.56 Å². The zero-order chi connectivity index (χ0) is 20.8. The number of aryl methyl sites for hydroxylation is 1. The van der Waals surface area contributed by atoms with Crippen LogP contribution in [0.4, 0.5) is 0 Å². The van der Waals surface area contributed by atoms with Crippen LogP contribution in [0.3, 0.4) is 0 Å². The molecule has 1 unspecified atom stereocenters. The van der Waals surface area contributed by atoms with Crippen LogP contribution in [0.15, 0.2) is 84.3 Å². The maximum Gasteiger partial charge on any atom is 0.196 e. The fraction of sp³-hybridized carbons (Fsp3) is 0.174. The van der Waals surface area contributed by atoms with Gasteiger partial charge in [0.2, 0.25) is 0 Å². The van der Waals surface area contributed by atoms with Gasteiger partial charge < -0.3 is 9.84 Å². The number of nitrogens with zero attached hydrogens (tertiary/aromatic N) is 4. The van der Waals surface area contributed by atoms with Crippen LogP contribution in [0, 0.1) is 6.92 Å². The Hall–Kier alpha value is -3.16. The highest BCUT2D eigenvalue weighted by Gasteiger charge is 2.18. The third kappa shape index (κ3) is 4.69. The molecule has 152 valence electrons. The molecule has 2 aromatic heterocycles. The van der Waals surface area contributed by atoms with E-state index in [4.69, 9.17) is 4.74 Å². The maximum atomic E-state index is 10.4. The number of aliphatic hydroxyl groups is 1. The fourth-order valence-electron chi connectivity index (χ4n) is 3.01. The van der Waals surface area contributed by atoms with E-state index in [2.05, 4.69) is 28.2 Å². The van der Waals surface area contributed by atoms with Gasteiger partial charge in [-0.1, -0.05) is 48.2 Å². The predicted molar refractivity (Wildman–Crippen MR) is 118 cm³/mol. The standard InChI is InChI=1S/C23H22N4O2S/c1-17-7-5-6-10-21(17)27-22(18-11-13-24-14-12-18)25-26-23(27)30-16-19(28)15-29-20-8-3-2-4-9-20/h2-14,19,28H,15-16H2,1H3. The Morgan fingerprint density at radius 2 is 1.70 bits per heavy atom. The molecule has 0 fully saturated rings. The van der Waals surface area contributed by atoms with Gasteiger partial charge in [0.15, 0.2) is 11.0 Å². The van der Waals surface area contributed by atoms with E-state index in [1.807, 2.05) is 65.2 Å². The number of thioether (sulfide) groups is 1. The molecule has 2 aromatic carbocycles. The first-order chi connectivity index (χ1) is 14.7. The predicted octanol–water partition coefficient (Wildman–Crippen LogP) is 4.17. The molecular weight excluding hydrogens is 396 g/mol. The molecule has 4 aromatic rings. The molecule has 6 nitrogen and oxygen atoms in total. The van der Waals surface area contributed by atoms with Gasteiger partial charge in [-0.25, -0.2) is 0 Å². The topological polar surface area (TPSA) is 73.1 Å². The number of hydrogen-bond acceptors (Lipinski definition) is 6. The van der Waals surface area contributed by atoms with E-state index in [0.29, 0.717) is 5.75 Å². The van der Waals surface area contributed by atoms with Crippen molar-refractivity contribution in [1.82, 2.24) is 19.7 Å². The second-order valence-electron chi connectivity index (χ2n) is 6.75. The molecule has 0 spiro atoms. The molecule has 0 aliphatic rings. The van der Waals surface area contributed by atoms with E-state index in [1.54, 1.807) is 12.4 Å². The van der Waals surface area contributed by atoms with E-state index in [9.17, 15) is 5.11 Å². The number of aliphatic hydroxyl groups excluding tert-OH is 1. The van der Waals surface area contributed by atoms with Crippen LogP contribution in [-0.4, -0.2) is 43.3 Å². The van der Waals surface area contributed by atoms with Gasteiger partial charge in [0.1, 0.15) is 12.4 Å². The quantitative estimate of drug-likeness (QED) is 0.433. The average molecular weight is 419 g/mol. The van der Waals surface area contributed by atoms with Gasteiger partial charge >= 0.3 is 0 Å². The van der Waals surface area contributed by atoms with Gasteiger partial charge in [-0.2, -0.15) is 0 Å². The molecule has 30 heavy (non-hydrogen) atoms. The minimum absolute atomic E-state index is 0.215. The molecule has 4 rings (SSSR count). The number of benzene rings is 2. The number of ether oxygens (including phenoxy) is 1. The van der Waals surface area contributed by atoms with Crippen LogP contribution >= 0.6 is 11.8 Å². The SMILES string of the molecule is Cc1ccccc1-n1c(SCC(O)COc2ccccc2)nnc1-c1ccncc1. The van der Waals surface area contributed by atoms with E-state index in [0.717, 1.165) is 33.5 Å². The van der Waals surface area contributed by atoms with Gasteiger partial charge in [-0.05, 0) is 42.8 Å². The molecule has 1 N–H and O–H groups in total. The van der Waals surface area contributed by atoms with Crippen molar-refractivity contribution >= 4 is 11.8 Å². The lowest BCUT2D eigenvalue weighted by Crippen LogP contribution is -2.20. The maximum absolute atomic E-state index is 10.4. The zero-order valence-electron chi connectivity index (χ0n) is 16.5. The Kier molecular flexibility index (Phi) is 6.41. The summed E-state index contributed by atoms with van der Waals surface area (Å²) in [6.07, 6.45) is 2.84. The molecule has 2 heterocycles. The van der Waals surface area contributed by atoms with Gasteiger partial charge in [-0.15, -0.1) is 10.2 Å². The Morgan fingerprint density at radius 1 is 0.967 bits per heavy atom. The van der Waals surface area contributed by atoms with Gasteiger partial charge in [-0.3, -0.25) is 9.55 Å². The van der Waals surface area contributed by atoms with Crippen molar-refractivity contribution < 1.29 is 9.84 Å². The largest absolute Gasteiger partial charge is 0.491 e. The summed E-state index contributed by atoms with van der Waals surface area (Å²) < 4.78 is 7.68. The van der Waals surface area contributed by atoms with Gasteiger partial charge in [0.05, 0.1) is 11.8 Å². The summed E-state index contributed by atoms with van der Waals surface area (Å²) in [6.45, 7) is 2.27. The minimum atomic E-state index is -0.637. The van der Waals surface area contributed by atoms with Crippen molar-refractivity contribution in [3.63, 3.8) is 0 Å². The molecule has 0 saturated heterocycles. The molecular formula is C23H22N4O2S. The van der Waals surface area contributed by atoms with Crippen LogP contribution in [0.5, 0.6) is 5.75 Å². The summed E-state index contributed by atoms with van der Waals surface area (Å²) in [5, 5.41) is 19.9. The molecule has 0 saturated carbocycles. The normalized spacial score (nSPS) is 11.9. The molecule has 0 bridgehead atoms. The molecule has 7 heteroatoms. The van der Waals surface area contributed by atoms with Crippen molar-refractivity contribution in [2.24, 2.45) is 0 Å². The lowest BCUT2D eigenvalue weighted by molar-refractivity contribution is 0.126. The van der Waals surface area contributed by atoms with E-state index < -0.39 is 6.10 Å². The third-order valence-corrected chi connectivity index (χ3v) is 5.59. The van der Waals surface area contributed by atoms with Gasteiger partial charge in [0.25, 0.3) is 0 Å². The van der Waals surface area contributed by atoms with Crippen molar-refractivity contribution in [3.8, 4) is 22.8 Å². The first-order valence-corrected chi connectivity index (χ1v) is 10.6. The van der Waals surface area contributed by atoms with Crippen molar-refractivity contribution in [1.29, 1.82) is 0 Å². The summed E-state index contributed by atoms with van der Waals surface area (Å²) in [6, 6.07) is 21.4. The summed E-state index contributed by atoms with van der Waals surface area (Å²) in [5.41, 5.74) is 3.05. The van der Waals surface area contributed by atoms with E-state index >= 15 is 0 Å². The molecule has 0 amide bonds. The second-order valence-corrected chi connectivity index (χ2v) is 7.74. The minimum Gasteiger partial charge on any atom is -0.491 e. The Labute approximate surface area is 179 Å². The fourth-order valence-corrected chi connectivity index (χ4v) is 3.86. The molecule has 0 aliphatic heterocycles. The van der Waals surface area contributed by atoms with Crippen LogP contribution in [0.25, 0.3) is 17.1 Å². The zero-order valence-corrected chi connectivity index (χ0v) is 17.4. The molecule has 0 radical (unpaired) electrons. The van der Waals surface area contributed by atoms with Crippen LogP contribution in [-0.2, 0) is 0 Å². The van der Waals surface area contributed by atoms with Crippen LogP contribution < -0.4 is 4.74 Å². The monoisotopic (exact) mass is 418 g/mol. The summed E-state index contributed by atoms with van der Waals surface area (Å²) in [7, 11) is 0. The lowest BCUT2D eigenvalue weighted by atomic mass is 10.2. The second kappa shape index (κ2) is 9.56. The van der Waals surface area contributed by atoms with Crippen molar-refractivity contribution in [2.75, 3.05) is 12.4 Å². The molecule has 0 aliphatic carbocycles. The van der Waals surface area contributed by atoms with E-state index in [-0.39, 0.29) is 6.61 Å². The first kappa shape index (κ1) is 20.1. The number of aromatic nitrogens is 4. The first-order valence-electron chi connectivity index (χ1n) is 9.63. The summed E-state index contributed by atoms with van der Waals surface area (Å²) >= 11 is 1.45.